The number of aromatic amines is 1. The van der Waals surface area contributed by atoms with E-state index >= 15 is 0 Å². The van der Waals surface area contributed by atoms with Crippen molar-refractivity contribution in [3.63, 3.8) is 0 Å². The smallest absolute Gasteiger partial charge is 0.408 e. The predicted molar refractivity (Wildman–Crippen MR) is 172 cm³/mol. The third kappa shape index (κ3) is 12.6. The maximum absolute atomic E-state index is 13.7. The number of benzene rings is 1. The van der Waals surface area contributed by atoms with E-state index in [1.165, 1.54) is 18.1 Å². The normalized spacial score (nSPS) is 16.1. The van der Waals surface area contributed by atoms with Crippen LogP contribution < -0.4 is 16.0 Å². The van der Waals surface area contributed by atoms with Gasteiger partial charge in [0.15, 0.2) is 0 Å². The van der Waals surface area contributed by atoms with E-state index in [4.69, 9.17) is 4.74 Å². The van der Waals surface area contributed by atoms with Crippen LogP contribution in [-0.2, 0) is 27.2 Å². The van der Waals surface area contributed by atoms with Crippen molar-refractivity contribution in [3.05, 3.63) is 54.1 Å². The number of amides is 3. The van der Waals surface area contributed by atoms with E-state index < -0.39 is 47.7 Å². The van der Waals surface area contributed by atoms with E-state index in [0.29, 0.717) is 17.9 Å². The maximum Gasteiger partial charge on any atom is 0.408 e. The Morgan fingerprint density at radius 1 is 1.07 bits per heavy atom. The largest absolute Gasteiger partial charge is 0.444 e. The second-order valence-corrected chi connectivity index (χ2v) is 14.2. The Morgan fingerprint density at radius 2 is 1.77 bits per heavy atom. The number of carbonyl (C=O) groups excluding carboxylic acids is 3. The molecule has 0 fully saturated rings. The topological polar surface area (TPSA) is 158 Å². The summed E-state index contributed by atoms with van der Waals surface area (Å²) in [5, 5.41) is 19.6. The van der Waals surface area contributed by atoms with Crippen LogP contribution in [0.15, 0.2) is 47.8 Å². The summed E-state index contributed by atoms with van der Waals surface area (Å²) in [6, 6.07) is 6.74. The third-order valence-corrected chi connectivity index (χ3v) is 8.71. The predicted octanol–water partition coefficient (Wildman–Crippen LogP) is 3.30. The Balaban J connectivity index is 1.77. The second kappa shape index (κ2) is 16.7. The first-order valence-electron chi connectivity index (χ1n) is 14.5. The fourth-order valence-electron chi connectivity index (χ4n) is 4.39. The van der Waals surface area contributed by atoms with Gasteiger partial charge in [0.2, 0.25) is 11.8 Å². The van der Waals surface area contributed by atoms with Crippen LogP contribution in [0.3, 0.4) is 0 Å². The maximum atomic E-state index is 13.7. The van der Waals surface area contributed by atoms with Gasteiger partial charge in [-0.2, -0.15) is 0 Å². The van der Waals surface area contributed by atoms with E-state index in [1.807, 2.05) is 44.2 Å². The average molecular weight is 633 g/mol. The lowest BCUT2D eigenvalue weighted by Crippen LogP contribution is -2.57. The summed E-state index contributed by atoms with van der Waals surface area (Å²) < 4.78 is 6.35. The Labute approximate surface area is 262 Å². The van der Waals surface area contributed by atoms with Crippen molar-refractivity contribution >= 4 is 45.8 Å². The molecule has 0 aliphatic carbocycles. The zero-order valence-corrected chi connectivity index (χ0v) is 27.1. The van der Waals surface area contributed by atoms with Crippen molar-refractivity contribution in [2.45, 2.75) is 83.7 Å². The fraction of sp³-hybridized carbons (Fsp3) is 0.567. The van der Waals surface area contributed by atoms with Crippen LogP contribution in [0, 0.1) is 5.92 Å². The SMILES string of the molecule is CC(C)C[C@H](NC(=O)[C@H](Cc1cnc[nH]1)NC(=O)[C@H](Cc1ccccc1)NC(=O)OC(C)(C)C)C(O)CSC1=NCCS1. The lowest BCUT2D eigenvalue weighted by molar-refractivity contribution is -0.130. The quantitative estimate of drug-likeness (QED) is 0.212. The summed E-state index contributed by atoms with van der Waals surface area (Å²) in [6.07, 6.45) is 2.41. The highest BCUT2D eigenvalue weighted by Gasteiger charge is 2.32. The summed E-state index contributed by atoms with van der Waals surface area (Å²) in [6.45, 7) is 10.0. The molecule has 4 atom stereocenters. The Hall–Kier alpha value is -3.03. The summed E-state index contributed by atoms with van der Waals surface area (Å²) in [5.74, 6) is 0.549. The van der Waals surface area contributed by atoms with Crippen molar-refractivity contribution in [1.82, 2.24) is 25.9 Å². The van der Waals surface area contributed by atoms with Crippen LogP contribution >= 0.6 is 23.5 Å². The first kappa shape index (κ1) is 34.5. The van der Waals surface area contributed by atoms with Gasteiger partial charge < -0.3 is 30.8 Å². The van der Waals surface area contributed by atoms with E-state index in [9.17, 15) is 19.5 Å². The summed E-state index contributed by atoms with van der Waals surface area (Å²) in [5.41, 5.74) is 0.720. The third-order valence-electron chi connectivity index (χ3n) is 6.35. The standard InChI is InChI=1S/C30H44N6O5S2/c1-19(2)13-22(25(37)17-43-29-32-11-12-42-29)34-27(39)24(15-21-16-31-18-33-21)35-26(38)23(14-20-9-7-6-8-10-20)36-28(40)41-30(3,4)5/h6-10,16,18-19,22-25,37H,11-15,17H2,1-5H3,(H,31,33)(H,34,39)(H,35,38)(H,36,40)/t22-,23-,24-,25?/m0/s1. The fourth-order valence-corrected chi connectivity index (χ4v) is 6.44. The summed E-state index contributed by atoms with van der Waals surface area (Å²) in [4.78, 5) is 51.5. The number of aliphatic hydroxyl groups excluding tert-OH is 1. The van der Waals surface area contributed by atoms with E-state index in [0.717, 1.165) is 22.2 Å². The number of ether oxygens (including phenoxy) is 1. The van der Waals surface area contributed by atoms with E-state index in [1.54, 1.807) is 38.7 Å². The van der Waals surface area contributed by atoms with Crippen molar-refractivity contribution in [2.75, 3.05) is 18.1 Å². The monoisotopic (exact) mass is 632 g/mol. The molecule has 5 N–H and O–H groups in total. The Kier molecular flexibility index (Phi) is 13.4. The molecule has 3 amide bonds. The van der Waals surface area contributed by atoms with Gasteiger partial charge in [0, 0.05) is 36.2 Å². The first-order chi connectivity index (χ1) is 20.4. The number of aliphatic imine (C=N–C) groups is 1. The van der Waals surface area contributed by atoms with Crippen LogP contribution in [0.1, 0.15) is 52.3 Å². The molecule has 43 heavy (non-hydrogen) atoms. The van der Waals surface area contributed by atoms with Crippen LogP contribution in [0.5, 0.6) is 0 Å². The summed E-state index contributed by atoms with van der Waals surface area (Å²) in [7, 11) is 0. The second-order valence-electron chi connectivity index (χ2n) is 11.8. The molecule has 1 aromatic heterocycles. The zero-order valence-electron chi connectivity index (χ0n) is 25.5. The van der Waals surface area contributed by atoms with Crippen LogP contribution in [0.2, 0.25) is 0 Å². The first-order valence-corrected chi connectivity index (χ1v) is 16.5. The van der Waals surface area contributed by atoms with E-state index in [2.05, 4.69) is 30.9 Å². The van der Waals surface area contributed by atoms with Gasteiger partial charge in [-0.05, 0) is 38.7 Å². The lowest BCUT2D eigenvalue weighted by atomic mass is 9.99. The molecule has 1 aliphatic heterocycles. The van der Waals surface area contributed by atoms with Gasteiger partial charge in [-0.1, -0.05) is 67.7 Å². The minimum absolute atomic E-state index is 0.134. The van der Waals surface area contributed by atoms with Gasteiger partial charge in [-0.25, -0.2) is 9.78 Å². The number of nitrogens with zero attached hydrogens (tertiary/aromatic N) is 2. The van der Waals surface area contributed by atoms with Gasteiger partial charge in [0.05, 0.1) is 25.0 Å². The minimum atomic E-state index is -1.01. The minimum Gasteiger partial charge on any atom is -0.444 e. The van der Waals surface area contributed by atoms with Crippen molar-refractivity contribution < 1.29 is 24.2 Å². The molecule has 1 aromatic carbocycles. The molecule has 236 valence electrons. The number of rotatable bonds is 14. The van der Waals surface area contributed by atoms with Gasteiger partial charge in [-0.3, -0.25) is 14.6 Å². The van der Waals surface area contributed by atoms with Crippen LogP contribution in [0.4, 0.5) is 4.79 Å². The van der Waals surface area contributed by atoms with Gasteiger partial charge in [-0.15, -0.1) is 0 Å². The Morgan fingerprint density at radius 3 is 2.37 bits per heavy atom. The molecule has 0 bridgehead atoms. The number of aliphatic hydroxyl groups is 1. The van der Waals surface area contributed by atoms with Crippen molar-refractivity contribution in [1.29, 1.82) is 0 Å². The van der Waals surface area contributed by atoms with E-state index in [-0.39, 0.29) is 18.8 Å². The number of hydrogen-bond donors (Lipinski definition) is 5. The Bertz CT molecular complexity index is 1200. The zero-order chi connectivity index (χ0) is 31.4. The number of thioether (sulfide) groups is 2. The number of alkyl carbamates (subject to hydrolysis) is 1. The molecule has 0 radical (unpaired) electrons. The lowest BCUT2D eigenvalue weighted by Gasteiger charge is -2.29. The number of H-pyrrole nitrogens is 1. The van der Waals surface area contributed by atoms with Crippen molar-refractivity contribution in [3.8, 4) is 0 Å². The number of imidazole rings is 1. The highest BCUT2D eigenvalue weighted by Crippen LogP contribution is 2.24. The average Bonchev–Trinajstić information content (AvgIpc) is 3.64. The van der Waals surface area contributed by atoms with Gasteiger partial charge >= 0.3 is 6.09 Å². The number of hydrogen-bond acceptors (Lipinski definition) is 9. The molecular formula is C30H44N6O5S2. The molecule has 0 saturated carbocycles. The molecule has 0 saturated heterocycles. The number of aromatic nitrogens is 2. The molecule has 11 nitrogen and oxygen atoms in total. The van der Waals surface area contributed by atoms with Gasteiger partial charge in [0.1, 0.15) is 22.1 Å². The molecule has 13 heteroatoms. The summed E-state index contributed by atoms with van der Waals surface area (Å²) >= 11 is 3.15. The highest BCUT2D eigenvalue weighted by molar-refractivity contribution is 8.39. The van der Waals surface area contributed by atoms with Crippen LogP contribution in [-0.4, -0.2) is 85.2 Å². The molecule has 0 spiro atoms. The van der Waals surface area contributed by atoms with Gasteiger partial charge in [0.25, 0.3) is 0 Å². The number of carbonyl (C=O) groups is 3. The molecule has 2 heterocycles. The molecule has 2 aromatic rings. The molecule has 1 aliphatic rings. The molecule has 3 rings (SSSR count). The van der Waals surface area contributed by atoms with Crippen LogP contribution in [0.25, 0.3) is 0 Å². The highest BCUT2D eigenvalue weighted by atomic mass is 32.2. The number of nitrogens with one attached hydrogen (secondary N) is 4. The van der Waals surface area contributed by atoms with Crippen molar-refractivity contribution in [2.24, 2.45) is 10.9 Å². The molecular weight excluding hydrogens is 589 g/mol. The molecule has 1 unspecified atom stereocenters.